The molecule has 3 aromatic rings. The Morgan fingerprint density at radius 1 is 1.19 bits per heavy atom. The van der Waals surface area contributed by atoms with E-state index < -0.39 is 0 Å². The summed E-state index contributed by atoms with van der Waals surface area (Å²) < 4.78 is 0. The molecule has 1 aliphatic heterocycles. The maximum absolute atomic E-state index is 12.3. The van der Waals surface area contributed by atoms with Crippen LogP contribution in [-0.2, 0) is 0 Å². The van der Waals surface area contributed by atoms with E-state index in [2.05, 4.69) is 25.9 Å². The molecule has 0 spiro atoms. The zero-order valence-corrected chi connectivity index (χ0v) is 18.2. The van der Waals surface area contributed by atoms with Gasteiger partial charge in [-0.3, -0.25) is 0 Å². The van der Waals surface area contributed by atoms with Crippen LogP contribution in [0.1, 0.15) is 25.7 Å². The molecule has 1 saturated carbocycles. The van der Waals surface area contributed by atoms with Crippen LogP contribution in [0.3, 0.4) is 0 Å². The van der Waals surface area contributed by atoms with Crippen LogP contribution in [0.5, 0.6) is 0 Å². The molecule has 0 atom stereocenters. The number of pyridine rings is 2. The first-order chi connectivity index (χ1) is 15.6. The van der Waals surface area contributed by atoms with Gasteiger partial charge in [0.05, 0.1) is 5.69 Å². The van der Waals surface area contributed by atoms with Crippen molar-refractivity contribution >= 4 is 40.5 Å². The lowest BCUT2D eigenvalue weighted by Crippen LogP contribution is -2.47. The van der Waals surface area contributed by atoms with Gasteiger partial charge >= 0.3 is 12.1 Å². The lowest BCUT2D eigenvalue weighted by molar-refractivity contribution is 0.193. The molecule has 166 valence electrons. The molecule has 32 heavy (non-hydrogen) atoms. The average molecular weight is 454 g/mol. The zero-order valence-electron chi connectivity index (χ0n) is 17.4. The van der Waals surface area contributed by atoms with Gasteiger partial charge in [-0.1, -0.05) is 11.6 Å². The summed E-state index contributed by atoms with van der Waals surface area (Å²) in [6, 6.07) is 7.25. The number of nitrogens with zero attached hydrogens (tertiary/aromatic N) is 3. The third-order valence-electron chi connectivity index (χ3n) is 6.03. The highest BCUT2D eigenvalue weighted by molar-refractivity contribution is 6.31. The Bertz CT molecular complexity index is 1160. The smallest absolute Gasteiger partial charge is 0.325 e. The van der Waals surface area contributed by atoms with Gasteiger partial charge in [0.25, 0.3) is 0 Å². The first kappa shape index (κ1) is 20.6. The molecule has 10 heteroatoms. The number of carbonyl (C=O) groups is 2. The zero-order chi connectivity index (χ0) is 22.1. The first-order valence-electron chi connectivity index (χ1n) is 10.8. The van der Waals surface area contributed by atoms with Gasteiger partial charge in [-0.25, -0.2) is 24.5 Å². The summed E-state index contributed by atoms with van der Waals surface area (Å²) in [6.07, 6.45) is 7.09. The normalized spacial score (nSPS) is 20.9. The monoisotopic (exact) mass is 453 g/mol. The van der Waals surface area contributed by atoms with Gasteiger partial charge < -0.3 is 20.9 Å². The predicted molar refractivity (Wildman–Crippen MR) is 123 cm³/mol. The molecule has 0 radical (unpaired) electrons. The van der Waals surface area contributed by atoms with Gasteiger partial charge in [-0.2, -0.15) is 0 Å². The number of fused-ring (bicyclic) bond motifs is 1. The van der Waals surface area contributed by atoms with Crippen LogP contribution in [0.4, 0.5) is 15.4 Å². The van der Waals surface area contributed by atoms with Crippen LogP contribution in [0.15, 0.2) is 36.7 Å². The van der Waals surface area contributed by atoms with E-state index in [1.54, 1.807) is 6.20 Å². The van der Waals surface area contributed by atoms with Crippen molar-refractivity contribution in [2.75, 3.05) is 18.4 Å². The maximum Gasteiger partial charge on any atom is 0.325 e. The van der Waals surface area contributed by atoms with Crippen molar-refractivity contribution in [2.24, 2.45) is 0 Å². The summed E-state index contributed by atoms with van der Waals surface area (Å²) >= 11 is 6.40. The van der Waals surface area contributed by atoms with Crippen molar-refractivity contribution in [2.45, 2.75) is 37.8 Å². The highest BCUT2D eigenvalue weighted by Crippen LogP contribution is 2.30. The van der Waals surface area contributed by atoms with Gasteiger partial charge in [0.2, 0.25) is 0 Å². The summed E-state index contributed by atoms with van der Waals surface area (Å²) in [5.41, 5.74) is 2.55. The van der Waals surface area contributed by atoms with E-state index >= 15 is 0 Å². The van der Waals surface area contributed by atoms with E-state index in [0.717, 1.165) is 53.8 Å². The first-order valence-corrected chi connectivity index (χ1v) is 11.2. The van der Waals surface area contributed by atoms with E-state index in [4.69, 9.17) is 16.6 Å². The number of rotatable bonds is 4. The Labute approximate surface area is 189 Å². The second-order valence-corrected chi connectivity index (χ2v) is 8.62. The quantitative estimate of drug-likeness (QED) is 0.480. The van der Waals surface area contributed by atoms with Crippen molar-refractivity contribution in [3.05, 3.63) is 41.7 Å². The van der Waals surface area contributed by atoms with E-state index in [1.165, 1.54) is 4.90 Å². The molecule has 2 fully saturated rings. The fourth-order valence-corrected chi connectivity index (χ4v) is 4.59. The third-order valence-corrected chi connectivity index (χ3v) is 6.24. The Morgan fingerprint density at radius 2 is 2.00 bits per heavy atom. The Balaban J connectivity index is 1.22. The molecule has 9 nitrogen and oxygen atoms in total. The Hall–Kier alpha value is -3.33. The second kappa shape index (κ2) is 8.66. The third kappa shape index (κ3) is 4.20. The van der Waals surface area contributed by atoms with Gasteiger partial charge in [-0.05, 0) is 49.9 Å². The second-order valence-electron chi connectivity index (χ2n) is 8.18. The van der Waals surface area contributed by atoms with Crippen molar-refractivity contribution in [3.8, 4) is 11.3 Å². The minimum absolute atomic E-state index is 0.0653. The summed E-state index contributed by atoms with van der Waals surface area (Å²) in [4.78, 5) is 37.4. The number of hydrogen-bond acceptors (Lipinski definition) is 5. The fourth-order valence-electron chi connectivity index (χ4n) is 4.39. The summed E-state index contributed by atoms with van der Waals surface area (Å²) in [5.74, 6) is 0.729. The minimum atomic E-state index is -0.327. The predicted octanol–water partition coefficient (Wildman–Crippen LogP) is 3.74. The number of nitrogens with one attached hydrogen (secondary N) is 4. The van der Waals surface area contributed by atoms with E-state index in [9.17, 15) is 9.59 Å². The molecule has 3 aromatic heterocycles. The largest absolute Gasteiger partial charge is 0.367 e. The summed E-state index contributed by atoms with van der Waals surface area (Å²) in [6.45, 7) is 0.920. The molecular weight excluding hydrogens is 430 g/mol. The van der Waals surface area contributed by atoms with E-state index in [-0.39, 0.29) is 24.1 Å². The molecule has 0 unspecified atom stereocenters. The molecule has 1 saturated heterocycles. The maximum atomic E-state index is 12.3. The lowest BCUT2D eigenvalue weighted by Gasteiger charge is -2.30. The molecule has 0 aromatic carbocycles. The topological polar surface area (TPSA) is 115 Å². The van der Waals surface area contributed by atoms with Gasteiger partial charge in [0.1, 0.15) is 11.5 Å². The molecule has 0 bridgehead atoms. The van der Waals surface area contributed by atoms with Crippen LogP contribution in [0.2, 0.25) is 5.02 Å². The molecule has 4 amide bonds. The molecule has 4 N–H and O–H groups in total. The molecule has 4 heterocycles. The number of halogens is 1. The Morgan fingerprint density at radius 3 is 2.78 bits per heavy atom. The highest BCUT2D eigenvalue weighted by atomic mass is 35.5. The van der Waals surface area contributed by atoms with Gasteiger partial charge in [-0.15, -0.1) is 0 Å². The Kier molecular flexibility index (Phi) is 5.57. The van der Waals surface area contributed by atoms with E-state index in [0.29, 0.717) is 18.1 Å². The standard InChI is InChI=1S/C22H24ClN7O2/c23-13-10-18(17-12-26-20-16(17)2-1-7-24-20)29-19(11-13)27-14-3-5-15(6-4-14)28-22(32)30-9-8-25-21(30)31/h1-2,7,10-12,14-15H,3-6,8-9H2,(H,24,26)(H,25,31)(H,27,29)(H,28,32)/t14-,15-. The van der Waals surface area contributed by atoms with Crippen molar-refractivity contribution in [1.82, 2.24) is 30.5 Å². The fraction of sp³-hybridized carbons (Fsp3) is 0.364. The minimum Gasteiger partial charge on any atom is -0.367 e. The molecule has 2 aliphatic rings. The van der Waals surface area contributed by atoms with Crippen molar-refractivity contribution in [1.29, 1.82) is 0 Å². The lowest BCUT2D eigenvalue weighted by atomic mass is 9.91. The van der Waals surface area contributed by atoms with Crippen LogP contribution < -0.4 is 16.0 Å². The van der Waals surface area contributed by atoms with Crippen molar-refractivity contribution in [3.63, 3.8) is 0 Å². The van der Waals surface area contributed by atoms with Crippen molar-refractivity contribution < 1.29 is 9.59 Å². The summed E-state index contributed by atoms with van der Waals surface area (Å²) in [5, 5.41) is 10.7. The number of carbonyl (C=O) groups excluding carboxylic acids is 2. The highest BCUT2D eigenvalue weighted by Gasteiger charge is 2.29. The number of imide groups is 1. The number of hydrogen-bond donors (Lipinski definition) is 4. The average Bonchev–Trinajstić information content (AvgIpc) is 3.41. The summed E-state index contributed by atoms with van der Waals surface area (Å²) in [7, 11) is 0. The van der Waals surface area contributed by atoms with Gasteiger partial charge in [0.15, 0.2) is 0 Å². The van der Waals surface area contributed by atoms with Crippen LogP contribution >= 0.6 is 11.6 Å². The van der Waals surface area contributed by atoms with E-state index in [1.807, 2.05) is 30.5 Å². The number of amides is 4. The van der Waals surface area contributed by atoms with Crippen LogP contribution in [0.25, 0.3) is 22.3 Å². The number of aromatic amines is 1. The van der Waals surface area contributed by atoms with Crippen LogP contribution in [-0.4, -0.2) is 57.1 Å². The molecule has 5 rings (SSSR count). The van der Waals surface area contributed by atoms with Crippen LogP contribution in [0, 0.1) is 0 Å². The number of aromatic nitrogens is 3. The number of anilines is 1. The molecular formula is C22H24ClN7O2. The number of H-pyrrole nitrogens is 1. The molecule has 1 aliphatic carbocycles. The SMILES string of the molecule is O=C1NCCN1C(=O)N[C@H]1CC[C@H](Nc2cc(Cl)cc(-c3c[nH]c4ncccc34)n2)CC1. The van der Waals surface area contributed by atoms with Gasteiger partial charge in [0, 0.05) is 53.5 Å². The number of urea groups is 2.